The zero-order valence-corrected chi connectivity index (χ0v) is 14.1. The van der Waals surface area contributed by atoms with Crippen molar-refractivity contribution in [1.82, 2.24) is 10.2 Å². The zero-order chi connectivity index (χ0) is 16.8. The number of urea groups is 1. The van der Waals surface area contributed by atoms with Gasteiger partial charge in [0.05, 0.1) is 13.1 Å². The third-order valence-electron chi connectivity index (χ3n) is 3.61. The van der Waals surface area contributed by atoms with E-state index in [1.54, 1.807) is 22.3 Å². The van der Waals surface area contributed by atoms with Crippen LogP contribution in [0.2, 0.25) is 0 Å². The van der Waals surface area contributed by atoms with Crippen LogP contribution < -0.4 is 14.8 Å². The Kier molecular flexibility index (Phi) is 5.38. The summed E-state index contributed by atoms with van der Waals surface area (Å²) in [5.41, 5.74) is 0. The fourth-order valence-electron chi connectivity index (χ4n) is 2.44. The molecule has 1 aromatic carbocycles. The first-order valence-corrected chi connectivity index (χ1v) is 8.69. The number of benzene rings is 1. The molecule has 24 heavy (non-hydrogen) atoms. The van der Waals surface area contributed by atoms with Crippen molar-refractivity contribution in [3.8, 4) is 11.5 Å². The second-order valence-corrected chi connectivity index (χ2v) is 6.46. The van der Waals surface area contributed by atoms with E-state index in [1.165, 1.54) is 0 Å². The molecule has 0 radical (unpaired) electrons. The quantitative estimate of drug-likeness (QED) is 0.818. The molecule has 0 saturated carbocycles. The van der Waals surface area contributed by atoms with E-state index in [4.69, 9.17) is 9.47 Å². The second kappa shape index (κ2) is 7.88. The summed E-state index contributed by atoms with van der Waals surface area (Å²) in [5, 5.41) is 4.92. The van der Waals surface area contributed by atoms with Crippen LogP contribution in [0.4, 0.5) is 4.79 Å². The van der Waals surface area contributed by atoms with Crippen molar-refractivity contribution in [2.75, 3.05) is 19.7 Å². The largest absolute Gasteiger partial charge is 0.486 e. The molecule has 3 rings (SSSR count). The highest BCUT2D eigenvalue weighted by molar-refractivity contribution is 7.09. The van der Waals surface area contributed by atoms with Crippen molar-refractivity contribution in [2.24, 2.45) is 0 Å². The van der Waals surface area contributed by atoms with Gasteiger partial charge in [-0.3, -0.25) is 0 Å². The fourth-order valence-corrected chi connectivity index (χ4v) is 3.16. The van der Waals surface area contributed by atoms with Gasteiger partial charge in [0, 0.05) is 11.4 Å². The number of hydrogen-bond acceptors (Lipinski definition) is 4. The monoisotopic (exact) mass is 344 g/mol. The molecule has 1 aromatic heterocycles. The molecule has 1 aliphatic heterocycles. The number of hydrogen-bond donors (Lipinski definition) is 1. The summed E-state index contributed by atoms with van der Waals surface area (Å²) in [7, 11) is 0. The summed E-state index contributed by atoms with van der Waals surface area (Å²) in [6.07, 6.45) is 1.53. The van der Waals surface area contributed by atoms with Gasteiger partial charge in [-0.05, 0) is 23.6 Å². The van der Waals surface area contributed by atoms with Crippen LogP contribution in [0.1, 0.15) is 4.88 Å². The molecule has 0 aliphatic carbocycles. The Morgan fingerprint density at radius 1 is 1.33 bits per heavy atom. The standard InChI is InChI=1S/C18H20N2O3S/c1-2-9-20(12-15-6-5-10-24-15)18(21)19-11-14-13-22-16-7-3-4-8-17(16)23-14/h2-8,10,14H,1,9,11-13H2,(H,19,21)/t14-/m1/s1. The van der Waals surface area contributed by atoms with Gasteiger partial charge in [-0.2, -0.15) is 0 Å². The molecule has 1 N–H and O–H groups in total. The molecular weight excluding hydrogens is 324 g/mol. The highest BCUT2D eigenvalue weighted by Gasteiger charge is 2.22. The molecule has 0 unspecified atom stereocenters. The molecule has 0 spiro atoms. The van der Waals surface area contributed by atoms with Gasteiger partial charge < -0.3 is 19.7 Å². The van der Waals surface area contributed by atoms with E-state index in [1.807, 2.05) is 41.8 Å². The minimum atomic E-state index is -0.198. The third-order valence-corrected chi connectivity index (χ3v) is 4.47. The van der Waals surface area contributed by atoms with Crippen molar-refractivity contribution in [1.29, 1.82) is 0 Å². The Morgan fingerprint density at radius 2 is 2.17 bits per heavy atom. The molecule has 5 nitrogen and oxygen atoms in total. The highest BCUT2D eigenvalue weighted by atomic mass is 32.1. The first-order valence-electron chi connectivity index (χ1n) is 7.81. The van der Waals surface area contributed by atoms with Crippen molar-refractivity contribution < 1.29 is 14.3 Å². The molecule has 2 amide bonds. The van der Waals surface area contributed by atoms with E-state index in [2.05, 4.69) is 11.9 Å². The van der Waals surface area contributed by atoms with E-state index < -0.39 is 0 Å². The number of nitrogens with zero attached hydrogens (tertiary/aromatic N) is 1. The van der Waals surface area contributed by atoms with Crippen LogP contribution in [-0.4, -0.2) is 36.7 Å². The summed E-state index contributed by atoms with van der Waals surface area (Å²) in [6, 6.07) is 11.4. The lowest BCUT2D eigenvalue weighted by atomic mass is 10.2. The van der Waals surface area contributed by atoms with Gasteiger partial charge in [0.15, 0.2) is 17.6 Å². The van der Waals surface area contributed by atoms with Crippen LogP contribution in [0.15, 0.2) is 54.4 Å². The smallest absolute Gasteiger partial charge is 0.318 e. The van der Waals surface area contributed by atoms with Crippen LogP contribution in [0, 0.1) is 0 Å². The summed E-state index contributed by atoms with van der Waals surface area (Å²) in [4.78, 5) is 15.3. The minimum Gasteiger partial charge on any atom is -0.486 e. The Labute approximate surface area is 145 Å². The summed E-state index contributed by atoms with van der Waals surface area (Å²) in [5.74, 6) is 1.45. The topological polar surface area (TPSA) is 50.8 Å². The van der Waals surface area contributed by atoms with Crippen LogP contribution >= 0.6 is 11.3 Å². The number of carbonyl (C=O) groups is 1. The number of rotatable bonds is 6. The van der Waals surface area contributed by atoms with Crippen molar-refractivity contribution in [3.63, 3.8) is 0 Å². The number of carbonyl (C=O) groups excluding carboxylic acids is 1. The van der Waals surface area contributed by atoms with Gasteiger partial charge in [-0.15, -0.1) is 17.9 Å². The number of nitrogens with one attached hydrogen (secondary N) is 1. The number of amides is 2. The Bertz CT molecular complexity index is 687. The van der Waals surface area contributed by atoms with Gasteiger partial charge in [0.1, 0.15) is 6.61 Å². The molecule has 2 heterocycles. The van der Waals surface area contributed by atoms with E-state index in [0.29, 0.717) is 32.0 Å². The Morgan fingerprint density at radius 3 is 2.92 bits per heavy atom. The fraction of sp³-hybridized carbons (Fsp3) is 0.278. The lowest BCUT2D eigenvalue weighted by molar-refractivity contribution is 0.0902. The zero-order valence-electron chi connectivity index (χ0n) is 13.3. The van der Waals surface area contributed by atoms with Crippen LogP contribution in [0.5, 0.6) is 11.5 Å². The average molecular weight is 344 g/mol. The molecule has 6 heteroatoms. The van der Waals surface area contributed by atoms with E-state index in [0.717, 1.165) is 10.6 Å². The summed E-state index contributed by atoms with van der Waals surface area (Å²) >= 11 is 1.63. The molecule has 1 atom stereocenters. The lowest BCUT2D eigenvalue weighted by Crippen LogP contribution is -2.46. The predicted molar refractivity (Wildman–Crippen MR) is 94.7 cm³/mol. The molecule has 0 fully saturated rings. The number of para-hydroxylation sites is 2. The number of ether oxygens (including phenoxy) is 2. The molecular formula is C18H20N2O3S. The molecule has 0 saturated heterocycles. The predicted octanol–water partition coefficient (Wildman–Crippen LogP) is 3.29. The first-order chi connectivity index (χ1) is 11.8. The second-order valence-electron chi connectivity index (χ2n) is 5.43. The van der Waals surface area contributed by atoms with E-state index in [9.17, 15) is 4.79 Å². The van der Waals surface area contributed by atoms with Crippen LogP contribution in [-0.2, 0) is 6.54 Å². The Hall–Kier alpha value is -2.47. The molecule has 126 valence electrons. The van der Waals surface area contributed by atoms with Gasteiger partial charge in [0.25, 0.3) is 0 Å². The summed E-state index contributed by atoms with van der Waals surface area (Å²) in [6.45, 7) is 5.60. The Balaban J connectivity index is 1.53. The number of thiophene rings is 1. The third kappa shape index (κ3) is 4.08. The number of fused-ring (bicyclic) bond motifs is 1. The molecule has 0 bridgehead atoms. The van der Waals surface area contributed by atoms with Crippen LogP contribution in [0.25, 0.3) is 0 Å². The summed E-state index contributed by atoms with van der Waals surface area (Å²) < 4.78 is 11.5. The molecule has 1 aliphatic rings. The van der Waals surface area contributed by atoms with Gasteiger partial charge in [0.2, 0.25) is 0 Å². The van der Waals surface area contributed by atoms with Gasteiger partial charge in [-0.25, -0.2) is 4.79 Å². The lowest BCUT2D eigenvalue weighted by Gasteiger charge is -2.28. The highest BCUT2D eigenvalue weighted by Crippen LogP contribution is 2.30. The maximum absolute atomic E-state index is 12.4. The van der Waals surface area contributed by atoms with E-state index in [-0.39, 0.29) is 12.1 Å². The first kappa shape index (κ1) is 16.4. The minimum absolute atomic E-state index is 0.134. The molecule has 2 aromatic rings. The van der Waals surface area contributed by atoms with Gasteiger partial charge in [-0.1, -0.05) is 24.3 Å². The maximum Gasteiger partial charge on any atom is 0.318 e. The van der Waals surface area contributed by atoms with E-state index >= 15 is 0 Å². The normalized spacial score (nSPS) is 15.6. The average Bonchev–Trinajstić information content (AvgIpc) is 3.12. The van der Waals surface area contributed by atoms with Crippen molar-refractivity contribution >= 4 is 17.4 Å². The van der Waals surface area contributed by atoms with Crippen molar-refractivity contribution in [2.45, 2.75) is 12.6 Å². The maximum atomic E-state index is 12.4. The SMILES string of the molecule is C=CCN(Cc1cccs1)C(=O)NC[C@@H]1COc2ccccc2O1. The van der Waals surface area contributed by atoms with Gasteiger partial charge >= 0.3 is 6.03 Å². The van der Waals surface area contributed by atoms with Crippen LogP contribution in [0.3, 0.4) is 0 Å². The van der Waals surface area contributed by atoms with Crippen molar-refractivity contribution in [3.05, 3.63) is 59.3 Å².